The summed E-state index contributed by atoms with van der Waals surface area (Å²) in [4.78, 5) is 28.5. The molecular formula is C22H25ClN2O2S. The number of nitrogens with one attached hydrogen (secondary N) is 1. The molecule has 0 atom stereocenters. The van der Waals surface area contributed by atoms with Crippen LogP contribution in [0, 0.1) is 0 Å². The number of halogens is 1. The largest absolute Gasteiger partial charge is 0.336 e. The van der Waals surface area contributed by atoms with Crippen LogP contribution in [0.4, 0.5) is 5.69 Å². The third-order valence-corrected chi connectivity index (χ3v) is 6.42. The topological polar surface area (TPSA) is 49.4 Å². The van der Waals surface area contributed by atoms with Crippen LogP contribution in [0.3, 0.4) is 0 Å². The molecule has 0 radical (unpaired) electrons. The summed E-state index contributed by atoms with van der Waals surface area (Å²) in [6, 6.07) is 15.2. The zero-order valence-electron chi connectivity index (χ0n) is 16.2. The number of likely N-dealkylation sites (N-methyl/N-ethyl adjacent to an activating group) is 1. The van der Waals surface area contributed by atoms with Gasteiger partial charge in [-0.25, -0.2) is 0 Å². The van der Waals surface area contributed by atoms with E-state index in [1.54, 1.807) is 23.7 Å². The molecule has 1 aliphatic carbocycles. The Morgan fingerprint density at radius 2 is 1.75 bits per heavy atom. The van der Waals surface area contributed by atoms with Gasteiger partial charge in [0.1, 0.15) is 0 Å². The molecule has 1 fully saturated rings. The van der Waals surface area contributed by atoms with Crippen LogP contribution in [0.15, 0.2) is 53.4 Å². The number of para-hydroxylation sites is 1. The second-order valence-electron chi connectivity index (χ2n) is 7.21. The highest BCUT2D eigenvalue weighted by Gasteiger charge is 2.44. The van der Waals surface area contributed by atoms with Gasteiger partial charge in [0, 0.05) is 17.0 Å². The smallest absolute Gasteiger partial charge is 0.244 e. The predicted octanol–water partition coefficient (Wildman–Crippen LogP) is 4.97. The van der Waals surface area contributed by atoms with Gasteiger partial charge in [0.05, 0.1) is 17.6 Å². The highest BCUT2D eigenvalue weighted by molar-refractivity contribution is 7.98. The van der Waals surface area contributed by atoms with Crippen molar-refractivity contribution in [2.45, 2.75) is 36.0 Å². The molecule has 4 nitrogen and oxygen atoms in total. The summed E-state index contributed by atoms with van der Waals surface area (Å²) in [6.07, 6.45) is 5.59. The van der Waals surface area contributed by atoms with E-state index in [2.05, 4.69) is 5.32 Å². The molecule has 1 saturated carbocycles. The Bertz CT molecular complexity index is 848. The number of benzene rings is 2. The van der Waals surface area contributed by atoms with E-state index in [1.165, 1.54) is 0 Å². The monoisotopic (exact) mass is 416 g/mol. The SMILES string of the molecule is CSc1ccccc1NC(=O)CN(C)C(=O)C1(c2ccc(Cl)cc2)CCCC1. The van der Waals surface area contributed by atoms with Crippen LogP contribution >= 0.6 is 23.4 Å². The third kappa shape index (κ3) is 4.36. The number of nitrogens with zero attached hydrogens (tertiary/aromatic N) is 1. The summed E-state index contributed by atoms with van der Waals surface area (Å²) >= 11 is 7.60. The number of carbonyl (C=O) groups excluding carboxylic acids is 2. The van der Waals surface area contributed by atoms with E-state index in [9.17, 15) is 9.59 Å². The molecule has 3 rings (SSSR count). The minimum Gasteiger partial charge on any atom is -0.336 e. The Balaban J connectivity index is 1.73. The van der Waals surface area contributed by atoms with Crippen molar-refractivity contribution < 1.29 is 9.59 Å². The maximum absolute atomic E-state index is 13.4. The zero-order valence-corrected chi connectivity index (χ0v) is 17.8. The van der Waals surface area contributed by atoms with Gasteiger partial charge in [0.2, 0.25) is 11.8 Å². The second kappa shape index (κ2) is 9.01. The molecule has 0 spiro atoms. The summed E-state index contributed by atoms with van der Waals surface area (Å²) in [7, 11) is 1.71. The van der Waals surface area contributed by atoms with E-state index in [0.29, 0.717) is 5.02 Å². The Morgan fingerprint density at radius 1 is 1.11 bits per heavy atom. The van der Waals surface area contributed by atoms with Crippen molar-refractivity contribution in [2.75, 3.05) is 25.2 Å². The number of hydrogen-bond acceptors (Lipinski definition) is 3. The zero-order chi connectivity index (χ0) is 20.1. The lowest BCUT2D eigenvalue weighted by Gasteiger charge is -2.32. The molecule has 0 unspecified atom stereocenters. The number of thioether (sulfide) groups is 1. The van der Waals surface area contributed by atoms with Crippen molar-refractivity contribution in [3.63, 3.8) is 0 Å². The summed E-state index contributed by atoms with van der Waals surface area (Å²) < 4.78 is 0. The lowest BCUT2D eigenvalue weighted by atomic mass is 9.77. The van der Waals surface area contributed by atoms with E-state index in [-0.39, 0.29) is 18.4 Å². The third-order valence-electron chi connectivity index (χ3n) is 5.37. The number of anilines is 1. The van der Waals surface area contributed by atoms with E-state index < -0.39 is 5.41 Å². The Labute approximate surface area is 175 Å². The summed E-state index contributed by atoms with van der Waals surface area (Å²) in [5, 5.41) is 3.58. The van der Waals surface area contributed by atoms with Crippen LogP contribution in [0.2, 0.25) is 5.02 Å². The average Bonchev–Trinajstić information content (AvgIpc) is 3.19. The fraction of sp³-hybridized carbons (Fsp3) is 0.364. The predicted molar refractivity (Wildman–Crippen MR) is 116 cm³/mol. The van der Waals surface area contributed by atoms with Crippen LogP contribution in [0.5, 0.6) is 0 Å². The van der Waals surface area contributed by atoms with Gasteiger partial charge < -0.3 is 10.2 Å². The Kier molecular flexibility index (Phi) is 6.68. The summed E-state index contributed by atoms with van der Waals surface area (Å²) in [5.41, 5.74) is 1.20. The molecule has 2 aromatic carbocycles. The average molecular weight is 417 g/mol. The van der Waals surface area contributed by atoms with Gasteiger partial charge in [-0.3, -0.25) is 9.59 Å². The normalized spacial score (nSPS) is 15.2. The van der Waals surface area contributed by atoms with Gasteiger partial charge in [-0.05, 0) is 48.9 Å². The number of amides is 2. The second-order valence-corrected chi connectivity index (χ2v) is 8.49. The first-order valence-corrected chi connectivity index (χ1v) is 11.0. The van der Waals surface area contributed by atoms with Crippen molar-refractivity contribution in [1.29, 1.82) is 0 Å². The standard InChI is InChI=1S/C22H25ClN2O2S/c1-25(15-20(26)24-18-7-3-4-8-19(18)28-2)21(27)22(13-5-6-14-22)16-9-11-17(23)12-10-16/h3-4,7-12H,5-6,13-15H2,1-2H3,(H,24,26). The number of hydrogen-bond donors (Lipinski definition) is 1. The molecule has 0 aliphatic heterocycles. The number of rotatable bonds is 6. The van der Waals surface area contributed by atoms with Gasteiger partial charge in [-0.15, -0.1) is 11.8 Å². The molecule has 0 aromatic heterocycles. The first-order chi connectivity index (χ1) is 13.5. The first-order valence-electron chi connectivity index (χ1n) is 9.41. The van der Waals surface area contributed by atoms with E-state index in [1.807, 2.05) is 54.8 Å². The molecule has 6 heteroatoms. The van der Waals surface area contributed by atoms with E-state index in [4.69, 9.17) is 11.6 Å². The van der Waals surface area contributed by atoms with Crippen molar-refractivity contribution in [1.82, 2.24) is 4.90 Å². The quantitative estimate of drug-likeness (QED) is 0.676. The molecule has 1 N–H and O–H groups in total. The minimum atomic E-state index is -0.559. The van der Waals surface area contributed by atoms with Crippen molar-refractivity contribution in [3.05, 3.63) is 59.1 Å². The summed E-state index contributed by atoms with van der Waals surface area (Å²) in [5.74, 6) is -0.192. The van der Waals surface area contributed by atoms with Crippen LogP contribution in [0.25, 0.3) is 0 Å². The molecule has 28 heavy (non-hydrogen) atoms. The van der Waals surface area contributed by atoms with Crippen molar-refractivity contribution in [3.8, 4) is 0 Å². The molecule has 2 aromatic rings. The first kappa shape index (κ1) is 20.7. The molecule has 0 saturated heterocycles. The van der Waals surface area contributed by atoms with Gasteiger partial charge in [0.15, 0.2) is 0 Å². The van der Waals surface area contributed by atoms with Crippen LogP contribution < -0.4 is 5.32 Å². The van der Waals surface area contributed by atoms with Gasteiger partial charge in [0.25, 0.3) is 0 Å². The molecule has 2 amide bonds. The molecule has 0 bridgehead atoms. The van der Waals surface area contributed by atoms with Crippen LogP contribution in [0.1, 0.15) is 31.2 Å². The van der Waals surface area contributed by atoms with Gasteiger partial charge in [-0.2, -0.15) is 0 Å². The Morgan fingerprint density at radius 3 is 2.39 bits per heavy atom. The fourth-order valence-corrected chi connectivity index (χ4v) is 4.64. The lowest BCUT2D eigenvalue weighted by molar-refractivity contribution is -0.138. The number of carbonyl (C=O) groups is 2. The lowest BCUT2D eigenvalue weighted by Crippen LogP contribution is -2.46. The fourth-order valence-electron chi connectivity index (χ4n) is 3.96. The molecule has 1 aliphatic rings. The highest BCUT2D eigenvalue weighted by atomic mass is 35.5. The molecule has 0 heterocycles. The minimum absolute atomic E-state index is 0.000578. The van der Waals surface area contributed by atoms with Crippen molar-refractivity contribution >= 4 is 40.9 Å². The van der Waals surface area contributed by atoms with Gasteiger partial charge >= 0.3 is 0 Å². The van der Waals surface area contributed by atoms with Crippen LogP contribution in [-0.2, 0) is 15.0 Å². The van der Waals surface area contributed by atoms with Crippen LogP contribution in [-0.4, -0.2) is 36.6 Å². The Hall–Kier alpha value is -1.98. The molecule has 148 valence electrons. The van der Waals surface area contributed by atoms with Gasteiger partial charge in [-0.1, -0.05) is 48.7 Å². The molecular weight excluding hydrogens is 392 g/mol. The maximum Gasteiger partial charge on any atom is 0.244 e. The highest BCUT2D eigenvalue weighted by Crippen LogP contribution is 2.42. The van der Waals surface area contributed by atoms with E-state index in [0.717, 1.165) is 41.8 Å². The maximum atomic E-state index is 13.4. The summed E-state index contributed by atoms with van der Waals surface area (Å²) in [6.45, 7) is 0.0247. The van der Waals surface area contributed by atoms with Crippen molar-refractivity contribution in [2.24, 2.45) is 0 Å². The van der Waals surface area contributed by atoms with E-state index >= 15 is 0 Å².